The predicted octanol–water partition coefficient (Wildman–Crippen LogP) is 1.33. The third-order valence-electron chi connectivity index (χ3n) is 4.79. The molecule has 1 unspecified atom stereocenters. The van der Waals surface area contributed by atoms with E-state index in [1.807, 2.05) is 11.0 Å². The molecule has 0 radical (unpaired) electrons. The molecule has 1 aromatic heterocycles. The van der Waals surface area contributed by atoms with Crippen LogP contribution in [0.15, 0.2) is 18.2 Å². The number of aromatic amines is 1. The Morgan fingerprint density at radius 2 is 2.14 bits per heavy atom. The van der Waals surface area contributed by atoms with Crippen molar-refractivity contribution in [3.63, 3.8) is 0 Å². The molecule has 2 aromatic rings. The number of likely N-dealkylation sites (tertiary alicyclic amines) is 1. The molecule has 2 heterocycles. The number of nitrogens with one attached hydrogen (secondary N) is 1. The van der Waals surface area contributed by atoms with Gasteiger partial charge in [0.25, 0.3) is 5.91 Å². The minimum absolute atomic E-state index is 0.0221. The number of carbonyl (C=O) groups excluding carboxylic acids is 1. The smallest absolute Gasteiger partial charge is 0.253 e. The molecule has 1 saturated carbocycles. The summed E-state index contributed by atoms with van der Waals surface area (Å²) in [6, 6.07) is 5.38. The van der Waals surface area contributed by atoms with Crippen molar-refractivity contribution in [1.82, 2.24) is 20.3 Å². The summed E-state index contributed by atoms with van der Waals surface area (Å²) in [5, 5.41) is 20.9. The molecule has 1 amide bonds. The number of rotatable bonds is 2. The summed E-state index contributed by atoms with van der Waals surface area (Å²) in [7, 11) is 0. The molecule has 1 atom stereocenters. The zero-order valence-electron chi connectivity index (χ0n) is 11.7. The second kappa shape index (κ2) is 4.53. The van der Waals surface area contributed by atoms with E-state index in [9.17, 15) is 9.90 Å². The highest BCUT2D eigenvalue weighted by molar-refractivity contribution is 5.97. The number of H-pyrrole nitrogens is 1. The lowest BCUT2D eigenvalue weighted by Gasteiger charge is -2.35. The maximum atomic E-state index is 12.6. The maximum absolute atomic E-state index is 12.6. The van der Waals surface area contributed by atoms with Gasteiger partial charge in [0.05, 0.1) is 5.60 Å². The first kappa shape index (κ1) is 12.8. The molecule has 6 heteroatoms. The summed E-state index contributed by atoms with van der Waals surface area (Å²) in [6.07, 6.45) is 3.74. The Morgan fingerprint density at radius 3 is 2.95 bits per heavy atom. The number of nitrogens with zero attached hydrogens (tertiary/aromatic N) is 3. The van der Waals surface area contributed by atoms with Crippen molar-refractivity contribution < 1.29 is 9.90 Å². The molecule has 0 spiro atoms. The summed E-state index contributed by atoms with van der Waals surface area (Å²) in [5.74, 6) is 0.250. The van der Waals surface area contributed by atoms with Crippen molar-refractivity contribution in [2.45, 2.75) is 31.3 Å². The largest absolute Gasteiger partial charge is 0.390 e. The van der Waals surface area contributed by atoms with Crippen LogP contribution in [-0.2, 0) is 0 Å². The van der Waals surface area contributed by atoms with E-state index < -0.39 is 5.60 Å². The van der Waals surface area contributed by atoms with E-state index in [4.69, 9.17) is 0 Å². The van der Waals surface area contributed by atoms with Gasteiger partial charge in [-0.05, 0) is 43.9 Å². The number of fused-ring (bicyclic) bond motifs is 1. The number of carbonyl (C=O) groups is 1. The third-order valence-corrected chi connectivity index (χ3v) is 4.79. The van der Waals surface area contributed by atoms with E-state index >= 15 is 0 Å². The molecular formula is C15H18N4O2. The van der Waals surface area contributed by atoms with Crippen molar-refractivity contribution in [1.29, 1.82) is 0 Å². The number of hydrogen-bond donors (Lipinski definition) is 2. The fourth-order valence-electron chi connectivity index (χ4n) is 3.29. The fraction of sp³-hybridized carbons (Fsp3) is 0.533. The molecule has 2 fully saturated rings. The van der Waals surface area contributed by atoms with Crippen molar-refractivity contribution in [2.75, 3.05) is 13.1 Å². The predicted molar refractivity (Wildman–Crippen MR) is 76.7 cm³/mol. The summed E-state index contributed by atoms with van der Waals surface area (Å²) in [5.41, 5.74) is 1.60. The first-order chi connectivity index (χ1) is 10.2. The molecule has 1 saturated heterocycles. The normalized spacial score (nSPS) is 24.2. The summed E-state index contributed by atoms with van der Waals surface area (Å²) < 4.78 is 0. The Morgan fingerprint density at radius 1 is 1.33 bits per heavy atom. The van der Waals surface area contributed by atoms with Gasteiger partial charge in [-0.15, -0.1) is 0 Å². The Labute approximate surface area is 122 Å². The van der Waals surface area contributed by atoms with Gasteiger partial charge in [-0.3, -0.25) is 4.79 Å². The summed E-state index contributed by atoms with van der Waals surface area (Å²) in [4.78, 5) is 14.5. The van der Waals surface area contributed by atoms with Gasteiger partial charge in [0.2, 0.25) is 0 Å². The Bertz CT molecular complexity index is 692. The molecule has 0 bridgehead atoms. The van der Waals surface area contributed by atoms with Gasteiger partial charge in [-0.2, -0.15) is 15.4 Å². The van der Waals surface area contributed by atoms with Gasteiger partial charge >= 0.3 is 0 Å². The number of aromatic nitrogens is 3. The molecule has 2 N–H and O–H groups in total. The third kappa shape index (κ3) is 2.19. The number of piperidine rings is 1. The van der Waals surface area contributed by atoms with Crippen LogP contribution >= 0.6 is 0 Å². The molecule has 1 aromatic carbocycles. The van der Waals surface area contributed by atoms with Crippen LogP contribution in [0.25, 0.3) is 11.0 Å². The van der Waals surface area contributed by atoms with Crippen LogP contribution in [0.1, 0.15) is 36.0 Å². The van der Waals surface area contributed by atoms with Gasteiger partial charge in [0.15, 0.2) is 0 Å². The molecular weight excluding hydrogens is 268 g/mol. The highest BCUT2D eigenvalue weighted by atomic mass is 16.3. The average Bonchev–Trinajstić information content (AvgIpc) is 3.11. The van der Waals surface area contributed by atoms with Crippen molar-refractivity contribution in [3.05, 3.63) is 23.8 Å². The topological polar surface area (TPSA) is 82.1 Å². The minimum Gasteiger partial charge on any atom is -0.390 e. The lowest BCUT2D eigenvalue weighted by molar-refractivity contribution is 0.0282. The van der Waals surface area contributed by atoms with E-state index in [1.165, 1.54) is 0 Å². The van der Waals surface area contributed by atoms with Crippen LogP contribution in [-0.4, -0.2) is 50.0 Å². The van der Waals surface area contributed by atoms with Gasteiger partial charge in [0.1, 0.15) is 11.0 Å². The fourth-order valence-corrected chi connectivity index (χ4v) is 3.29. The second-order valence-corrected chi connectivity index (χ2v) is 6.22. The van der Waals surface area contributed by atoms with E-state index in [2.05, 4.69) is 15.4 Å². The Kier molecular flexibility index (Phi) is 2.75. The van der Waals surface area contributed by atoms with E-state index in [0.29, 0.717) is 17.6 Å². The minimum atomic E-state index is -0.505. The second-order valence-electron chi connectivity index (χ2n) is 6.22. The molecule has 4 rings (SSSR count). The van der Waals surface area contributed by atoms with E-state index in [1.54, 1.807) is 12.1 Å². The number of amides is 1. The molecule has 110 valence electrons. The molecule has 1 aliphatic carbocycles. The number of hydrogen-bond acceptors (Lipinski definition) is 4. The van der Waals surface area contributed by atoms with Gasteiger partial charge in [-0.25, -0.2) is 0 Å². The number of aliphatic hydroxyl groups is 1. The van der Waals surface area contributed by atoms with Gasteiger partial charge in [-0.1, -0.05) is 0 Å². The summed E-state index contributed by atoms with van der Waals surface area (Å²) >= 11 is 0. The van der Waals surface area contributed by atoms with Crippen LogP contribution < -0.4 is 0 Å². The van der Waals surface area contributed by atoms with Crippen molar-refractivity contribution in [3.8, 4) is 0 Å². The van der Waals surface area contributed by atoms with Crippen LogP contribution in [0.2, 0.25) is 0 Å². The molecule has 2 aliphatic rings. The highest BCUT2D eigenvalue weighted by Crippen LogP contribution is 2.45. The van der Waals surface area contributed by atoms with Gasteiger partial charge in [0, 0.05) is 24.6 Å². The van der Waals surface area contributed by atoms with Crippen molar-refractivity contribution in [2.24, 2.45) is 5.92 Å². The monoisotopic (exact) mass is 286 g/mol. The summed E-state index contributed by atoms with van der Waals surface area (Å²) in [6.45, 7) is 1.43. The standard InChI is InChI=1S/C15H18N4O2/c20-14(10-3-4-12-13(8-10)17-18-16-12)19-7-1-2-11(9-19)15(21)5-6-15/h3-4,8,11,21H,1-2,5-7,9H2,(H,16,17,18). The molecule has 1 aliphatic heterocycles. The highest BCUT2D eigenvalue weighted by Gasteiger charge is 2.49. The lowest BCUT2D eigenvalue weighted by Crippen LogP contribution is -2.44. The van der Waals surface area contributed by atoms with E-state index in [0.717, 1.165) is 37.7 Å². The average molecular weight is 286 g/mol. The molecule has 6 nitrogen and oxygen atoms in total. The zero-order chi connectivity index (χ0) is 14.4. The van der Waals surface area contributed by atoms with Crippen LogP contribution in [0, 0.1) is 5.92 Å². The Hall–Kier alpha value is -1.95. The van der Waals surface area contributed by atoms with Crippen LogP contribution in [0.5, 0.6) is 0 Å². The first-order valence-corrected chi connectivity index (χ1v) is 7.48. The number of benzene rings is 1. The molecule has 21 heavy (non-hydrogen) atoms. The van der Waals surface area contributed by atoms with Gasteiger partial charge < -0.3 is 10.0 Å². The first-order valence-electron chi connectivity index (χ1n) is 7.48. The van der Waals surface area contributed by atoms with Crippen LogP contribution in [0.4, 0.5) is 0 Å². The van der Waals surface area contributed by atoms with Crippen molar-refractivity contribution >= 4 is 16.9 Å². The quantitative estimate of drug-likeness (QED) is 0.872. The zero-order valence-corrected chi connectivity index (χ0v) is 11.7. The van der Waals surface area contributed by atoms with E-state index in [-0.39, 0.29) is 11.8 Å². The maximum Gasteiger partial charge on any atom is 0.253 e. The van der Waals surface area contributed by atoms with Crippen LogP contribution in [0.3, 0.4) is 0 Å². The lowest BCUT2D eigenvalue weighted by atomic mass is 9.90. The SMILES string of the molecule is O=C(c1ccc2n[nH]nc2c1)N1CCCC(C2(O)CC2)C1. The Balaban J connectivity index is 1.55.